The molecule has 1 fully saturated rings. The van der Waals surface area contributed by atoms with Crippen LogP contribution in [0.4, 0.5) is 0 Å². The molecule has 0 radical (unpaired) electrons. The van der Waals surface area contributed by atoms with Gasteiger partial charge in [-0.3, -0.25) is 9.59 Å². The summed E-state index contributed by atoms with van der Waals surface area (Å²) in [4.78, 5) is 33.2. The van der Waals surface area contributed by atoms with Crippen molar-refractivity contribution in [2.75, 3.05) is 19.6 Å². The standard InChI is InChI=1S/C15H24N4O2/c1-11(2)15(21)19-9-3-4-12(10-19)14(20)18-6-5-13-16-7-8-17-13/h7-8,11-12H,3-6,9-10H2,1-2H3,(H,16,17)(H,18,20). The molecule has 6 nitrogen and oxygen atoms in total. The van der Waals surface area contributed by atoms with Gasteiger partial charge in [0.1, 0.15) is 5.82 Å². The number of nitrogens with zero attached hydrogens (tertiary/aromatic N) is 2. The van der Waals surface area contributed by atoms with Crippen molar-refractivity contribution < 1.29 is 9.59 Å². The molecule has 6 heteroatoms. The summed E-state index contributed by atoms with van der Waals surface area (Å²) in [5.41, 5.74) is 0. The number of hydrogen-bond donors (Lipinski definition) is 2. The molecule has 116 valence electrons. The Morgan fingerprint density at radius 1 is 1.52 bits per heavy atom. The highest BCUT2D eigenvalue weighted by Crippen LogP contribution is 2.18. The molecule has 1 aromatic heterocycles. The van der Waals surface area contributed by atoms with E-state index in [-0.39, 0.29) is 23.7 Å². The maximum Gasteiger partial charge on any atom is 0.225 e. The van der Waals surface area contributed by atoms with E-state index < -0.39 is 0 Å². The number of imidazole rings is 1. The number of aromatic nitrogens is 2. The Kier molecular flexibility index (Phi) is 5.36. The van der Waals surface area contributed by atoms with Gasteiger partial charge in [0.15, 0.2) is 0 Å². The van der Waals surface area contributed by atoms with Gasteiger partial charge in [0, 0.05) is 44.4 Å². The zero-order valence-electron chi connectivity index (χ0n) is 12.8. The van der Waals surface area contributed by atoms with Gasteiger partial charge in [-0.05, 0) is 12.8 Å². The van der Waals surface area contributed by atoms with Crippen LogP contribution >= 0.6 is 0 Å². The number of likely N-dealkylation sites (tertiary alicyclic amines) is 1. The molecule has 1 atom stereocenters. The van der Waals surface area contributed by atoms with E-state index in [0.717, 1.165) is 25.2 Å². The number of nitrogens with one attached hydrogen (secondary N) is 2. The third-order valence-electron chi connectivity index (χ3n) is 3.81. The van der Waals surface area contributed by atoms with Crippen LogP contribution in [-0.2, 0) is 16.0 Å². The quantitative estimate of drug-likeness (QED) is 0.848. The van der Waals surface area contributed by atoms with Crippen molar-refractivity contribution in [3.8, 4) is 0 Å². The Morgan fingerprint density at radius 3 is 3.00 bits per heavy atom. The van der Waals surface area contributed by atoms with Crippen molar-refractivity contribution in [2.45, 2.75) is 33.1 Å². The average molecular weight is 292 g/mol. The molecule has 0 bridgehead atoms. The summed E-state index contributed by atoms with van der Waals surface area (Å²) in [7, 11) is 0. The van der Waals surface area contributed by atoms with Gasteiger partial charge in [-0.15, -0.1) is 0 Å². The van der Waals surface area contributed by atoms with E-state index in [0.29, 0.717) is 19.5 Å². The van der Waals surface area contributed by atoms with E-state index in [1.165, 1.54) is 0 Å². The second kappa shape index (κ2) is 7.24. The predicted octanol–water partition coefficient (Wildman–Crippen LogP) is 0.963. The maximum absolute atomic E-state index is 12.2. The number of H-pyrrole nitrogens is 1. The van der Waals surface area contributed by atoms with Crippen LogP contribution in [0.25, 0.3) is 0 Å². The summed E-state index contributed by atoms with van der Waals surface area (Å²) < 4.78 is 0. The molecular weight excluding hydrogens is 268 g/mol. The molecule has 0 aliphatic carbocycles. The van der Waals surface area contributed by atoms with Crippen LogP contribution in [0.2, 0.25) is 0 Å². The molecule has 2 rings (SSSR count). The largest absolute Gasteiger partial charge is 0.355 e. The molecule has 2 N–H and O–H groups in total. The first-order valence-electron chi connectivity index (χ1n) is 7.62. The van der Waals surface area contributed by atoms with Gasteiger partial charge < -0.3 is 15.2 Å². The first-order chi connectivity index (χ1) is 10.1. The summed E-state index contributed by atoms with van der Waals surface area (Å²) in [5, 5.41) is 2.94. The normalized spacial score (nSPS) is 18.8. The third kappa shape index (κ3) is 4.31. The molecule has 1 aliphatic heterocycles. The Labute approximate surface area is 125 Å². The van der Waals surface area contributed by atoms with E-state index in [1.807, 2.05) is 18.7 Å². The highest BCUT2D eigenvalue weighted by Gasteiger charge is 2.29. The van der Waals surface area contributed by atoms with Crippen LogP contribution in [-0.4, -0.2) is 46.3 Å². The lowest BCUT2D eigenvalue weighted by molar-refractivity contribution is -0.138. The molecule has 1 unspecified atom stereocenters. The maximum atomic E-state index is 12.2. The van der Waals surface area contributed by atoms with Crippen molar-refractivity contribution in [3.05, 3.63) is 18.2 Å². The van der Waals surface area contributed by atoms with Gasteiger partial charge in [0.05, 0.1) is 5.92 Å². The second-order valence-electron chi connectivity index (χ2n) is 5.86. The van der Waals surface area contributed by atoms with Crippen LogP contribution in [0.5, 0.6) is 0 Å². The van der Waals surface area contributed by atoms with E-state index >= 15 is 0 Å². The van der Waals surface area contributed by atoms with Gasteiger partial charge in [-0.2, -0.15) is 0 Å². The number of carbonyl (C=O) groups is 2. The molecule has 1 saturated heterocycles. The van der Waals surface area contributed by atoms with E-state index in [4.69, 9.17) is 0 Å². The lowest BCUT2D eigenvalue weighted by Crippen LogP contribution is -2.46. The Bertz CT molecular complexity index is 470. The van der Waals surface area contributed by atoms with Crippen LogP contribution in [0.1, 0.15) is 32.5 Å². The summed E-state index contributed by atoms with van der Waals surface area (Å²) in [6, 6.07) is 0. The molecule has 1 aliphatic rings. The van der Waals surface area contributed by atoms with Crippen LogP contribution in [0.3, 0.4) is 0 Å². The smallest absolute Gasteiger partial charge is 0.225 e. The average Bonchev–Trinajstić information content (AvgIpc) is 2.99. The predicted molar refractivity (Wildman–Crippen MR) is 79.4 cm³/mol. The minimum absolute atomic E-state index is 0.00855. The summed E-state index contributed by atoms with van der Waals surface area (Å²) in [6.45, 7) is 5.68. The van der Waals surface area contributed by atoms with E-state index in [9.17, 15) is 9.59 Å². The van der Waals surface area contributed by atoms with Crippen molar-refractivity contribution in [1.82, 2.24) is 20.2 Å². The Hall–Kier alpha value is -1.85. The zero-order chi connectivity index (χ0) is 15.2. The molecule has 1 aromatic rings. The van der Waals surface area contributed by atoms with Crippen LogP contribution in [0.15, 0.2) is 12.4 Å². The third-order valence-corrected chi connectivity index (χ3v) is 3.81. The summed E-state index contributed by atoms with van der Waals surface area (Å²) in [5.74, 6) is 0.963. The fraction of sp³-hybridized carbons (Fsp3) is 0.667. The SMILES string of the molecule is CC(C)C(=O)N1CCCC(C(=O)NCCc2ncc[nH]2)C1. The molecule has 2 heterocycles. The van der Waals surface area contributed by atoms with Gasteiger partial charge >= 0.3 is 0 Å². The highest BCUT2D eigenvalue weighted by molar-refractivity contribution is 5.82. The minimum atomic E-state index is -0.0851. The molecule has 21 heavy (non-hydrogen) atoms. The first-order valence-corrected chi connectivity index (χ1v) is 7.62. The Balaban J connectivity index is 1.77. The number of carbonyl (C=O) groups excluding carboxylic acids is 2. The molecular formula is C15H24N4O2. The summed E-state index contributed by atoms with van der Waals surface area (Å²) in [6.07, 6.45) is 5.92. The first kappa shape index (κ1) is 15.5. The van der Waals surface area contributed by atoms with Crippen molar-refractivity contribution in [2.24, 2.45) is 11.8 Å². The van der Waals surface area contributed by atoms with Gasteiger partial charge in [-0.25, -0.2) is 4.98 Å². The van der Waals surface area contributed by atoms with Crippen molar-refractivity contribution in [3.63, 3.8) is 0 Å². The fourth-order valence-electron chi connectivity index (χ4n) is 2.64. The second-order valence-corrected chi connectivity index (χ2v) is 5.86. The van der Waals surface area contributed by atoms with E-state index in [1.54, 1.807) is 12.4 Å². The summed E-state index contributed by atoms with van der Waals surface area (Å²) >= 11 is 0. The minimum Gasteiger partial charge on any atom is -0.355 e. The molecule has 0 spiro atoms. The number of aromatic amines is 1. The van der Waals surface area contributed by atoms with Gasteiger partial charge in [0.2, 0.25) is 11.8 Å². The fourth-order valence-corrected chi connectivity index (χ4v) is 2.64. The lowest BCUT2D eigenvalue weighted by atomic mass is 9.96. The van der Waals surface area contributed by atoms with Gasteiger partial charge in [0.25, 0.3) is 0 Å². The Morgan fingerprint density at radius 2 is 2.33 bits per heavy atom. The topological polar surface area (TPSA) is 78.1 Å². The monoisotopic (exact) mass is 292 g/mol. The lowest BCUT2D eigenvalue weighted by Gasteiger charge is -2.33. The molecule has 0 aromatic carbocycles. The number of amides is 2. The number of hydrogen-bond acceptors (Lipinski definition) is 3. The number of rotatable bonds is 5. The van der Waals surface area contributed by atoms with Crippen molar-refractivity contribution >= 4 is 11.8 Å². The van der Waals surface area contributed by atoms with Crippen LogP contribution in [0, 0.1) is 11.8 Å². The number of piperidine rings is 1. The van der Waals surface area contributed by atoms with Crippen LogP contribution < -0.4 is 5.32 Å². The van der Waals surface area contributed by atoms with E-state index in [2.05, 4.69) is 15.3 Å². The molecule has 2 amide bonds. The zero-order valence-corrected chi connectivity index (χ0v) is 12.8. The molecule has 0 saturated carbocycles. The van der Waals surface area contributed by atoms with Crippen molar-refractivity contribution in [1.29, 1.82) is 0 Å². The van der Waals surface area contributed by atoms with Gasteiger partial charge in [-0.1, -0.05) is 13.8 Å². The highest BCUT2D eigenvalue weighted by atomic mass is 16.2.